The molecule has 1 aromatic carbocycles. The van der Waals surface area contributed by atoms with Gasteiger partial charge in [-0.25, -0.2) is 9.97 Å². The van der Waals surface area contributed by atoms with Gasteiger partial charge < -0.3 is 20.4 Å². The molecule has 29 heavy (non-hydrogen) atoms. The minimum atomic E-state index is 0.480. The van der Waals surface area contributed by atoms with Gasteiger partial charge in [0.05, 0.1) is 23.5 Å². The predicted octanol–water partition coefficient (Wildman–Crippen LogP) is 3.87. The Bertz CT molecular complexity index is 1140. The highest BCUT2D eigenvalue weighted by molar-refractivity contribution is 6.35. The van der Waals surface area contributed by atoms with Crippen LogP contribution in [0.1, 0.15) is 18.4 Å². The van der Waals surface area contributed by atoms with Crippen molar-refractivity contribution in [3.05, 3.63) is 47.4 Å². The molecule has 4 N–H and O–H groups in total. The molecule has 0 aliphatic heterocycles. The Labute approximate surface area is 171 Å². The molecule has 3 aromatic heterocycles. The number of aromatic nitrogens is 6. The first kappa shape index (κ1) is 17.7. The van der Waals surface area contributed by atoms with Gasteiger partial charge in [-0.05, 0) is 36.5 Å². The van der Waals surface area contributed by atoms with Crippen molar-refractivity contribution in [2.45, 2.75) is 19.4 Å². The number of nitrogens with zero attached hydrogens (tertiary/aromatic N) is 4. The number of aromatic amines is 2. The molecule has 1 aliphatic carbocycles. The summed E-state index contributed by atoms with van der Waals surface area (Å²) < 4.78 is 5.65. The third-order valence-corrected chi connectivity index (χ3v) is 5.11. The van der Waals surface area contributed by atoms with Gasteiger partial charge >= 0.3 is 0 Å². The van der Waals surface area contributed by atoms with Gasteiger partial charge in [-0.3, -0.25) is 5.10 Å². The number of imidazole rings is 1. The lowest BCUT2D eigenvalue weighted by molar-refractivity contribution is 0.288. The van der Waals surface area contributed by atoms with E-state index in [1.807, 2.05) is 18.2 Å². The van der Waals surface area contributed by atoms with Crippen LogP contribution in [0.15, 0.2) is 36.8 Å². The molecule has 0 unspecified atom stereocenters. The van der Waals surface area contributed by atoms with Crippen LogP contribution in [0.4, 0.5) is 17.6 Å². The Morgan fingerprint density at radius 2 is 2.14 bits per heavy atom. The molecule has 0 atom stereocenters. The summed E-state index contributed by atoms with van der Waals surface area (Å²) in [5.74, 6) is 3.08. The maximum atomic E-state index is 6.44. The molecule has 1 fully saturated rings. The number of hydrogen-bond acceptors (Lipinski definition) is 7. The first-order valence-corrected chi connectivity index (χ1v) is 9.75. The summed E-state index contributed by atoms with van der Waals surface area (Å²) >= 11 is 6.44. The molecule has 3 heterocycles. The second kappa shape index (κ2) is 7.59. The fraction of sp³-hybridized carbons (Fsp3) is 0.263. The summed E-state index contributed by atoms with van der Waals surface area (Å²) in [6.45, 7) is 1.20. The zero-order valence-corrected chi connectivity index (χ0v) is 16.2. The first-order chi connectivity index (χ1) is 14.2. The van der Waals surface area contributed by atoms with Crippen LogP contribution in [-0.2, 0) is 6.54 Å². The number of halogens is 1. The van der Waals surface area contributed by atoms with Gasteiger partial charge in [0, 0.05) is 18.8 Å². The molecule has 4 aromatic rings. The van der Waals surface area contributed by atoms with Crippen molar-refractivity contribution in [2.24, 2.45) is 5.92 Å². The summed E-state index contributed by atoms with van der Waals surface area (Å²) in [6, 6.07) is 7.49. The minimum Gasteiger partial charge on any atom is -0.476 e. The van der Waals surface area contributed by atoms with E-state index in [-0.39, 0.29) is 0 Å². The molecule has 0 bridgehead atoms. The predicted molar refractivity (Wildman–Crippen MR) is 111 cm³/mol. The Kier molecular flexibility index (Phi) is 4.65. The monoisotopic (exact) mass is 410 g/mol. The average molecular weight is 411 g/mol. The molecule has 0 spiro atoms. The fourth-order valence-corrected chi connectivity index (χ4v) is 3.19. The van der Waals surface area contributed by atoms with Crippen LogP contribution in [0.5, 0.6) is 5.88 Å². The highest BCUT2D eigenvalue weighted by atomic mass is 35.5. The van der Waals surface area contributed by atoms with Crippen molar-refractivity contribution in [2.75, 3.05) is 17.2 Å². The second-order valence-electron chi connectivity index (χ2n) is 6.96. The zero-order valence-electron chi connectivity index (χ0n) is 15.4. The summed E-state index contributed by atoms with van der Waals surface area (Å²) in [7, 11) is 0. The van der Waals surface area contributed by atoms with Gasteiger partial charge in [0.15, 0.2) is 0 Å². The van der Waals surface area contributed by atoms with Crippen LogP contribution in [0.2, 0.25) is 5.02 Å². The van der Waals surface area contributed by atoms with Crippen molar-refractivity contribution >= 4 is 40.2 Å². The van der Waals surface area contributed by atoms with E-state index in [0.717, 1.165) is 23.2 Å². The van der Waals surface area contributed by atoms with Crippen molar-refractivity contribution in [1.29, 1.82) is 0 Å². The van der Waals surface area contributed by atoms with E-state index in [4.69, 9.17) is 16.3 Å². The Morgan fingerprint density at radius 1 is 1.21 bits per heavy atom. The highest BCUT2D eigenvalue weighted by Gasteiger charge is 2.22. The number of anilines is 3. The molecule has 1 saturated carbocycles. The summed E-state index contributed by atoms with van der Waals surface area (Å²) in [4.78, 5) is 16.0. The van der Waals surface area contributed by atoms with Crippen LogP contribution in [0.25, 0.3) is 11.0 Å². The van der Waals surface area contributed by atoms with Gasteiger partial charge in [0.25, 0.3) is 0 Å². The van der Waals surface area contributed by atoms with Crippen molar-refractivity contribution in [3.8, 4) is 5.88 Å². The largest absolute Gasteiger partial charge is 0.476 e. The molecule has 5 rings (SSSR count). The van der Waals surface area contributed by atoms with Crippen LogP contribution in [-0.4, -0.2) is 36.7 Å². The molecular formula is C19H19ClN8O. The van der Waals surface area contributed by atoms with E-state index in [1.165, 1.54) is 12.8 Å². The molecule has 148 valence electrons. The molecule has 0 saturated heterocycles. The van der Waals surface area contributed by atoms with Gasteiger partial charge in [-0.2, -0.15) is 4.98 Å². The normalized spacial score (nSPS) is 13.6. The number of ether oxygens (including phenoxy) is 1. The second-order valence-corrected chi connectivity index (χ2v) is 7.33. The van der Waals surface area contributed by atoms with E-state index in [0.29, 0.717) is 40.9 Å². The lowest BCUT2D eigenvalue weighted by Crippen LogP contribution is -2.05. The molecule has 9 nitrogen and oxygen atoms in total. The third-order valence-electron chi connectivity index (χ3n) is 4.68. The minimum absolute atomic E-state index is 0.480. The standard InChI is InChI=1S/C19H19ClN8O/c20-17-12(3-4-13-18(17)24-10-23-13)8-22-19-21-6-5-14(26-19)25-15-7-16(28-27-15)29-9-11-1-2-11/h3-7,10-11H,1-2,8-9H2,(H,23,24)(H3,21,22,25,26,27,28). The SMILES string of the molecule is Clc1c(CNc2nccc(Nc3cc(OCC4CC4)n[nH]3)n2)ccc2[nH]cnc12. The average Bonchev–Trinajstić information content (AvgIpc) is 3.24. The number of nitrogens with one attached hydrogen (secondary N) is 4. The van der Waals surface area contributed by atoms with Crippen molar-refractivity contribution < 1.29 is 4.74 Å². The highest BCUT2D eigenvalue weighted by Crippen LogP contribution is 2.29. The van der Waals surface area contributed by atoms with Crippen LogP contribution in [0.3, 0.4) is 0 Å². The molecular weight excluding hydrogens is 392 g/mol. The van der Waals surface area contributed by atoms with E-state index < -0.39 is 0 Å². The van der Waals surface area contributed by atoms with Crippen LogP contribution < -0.4 is 15.4 Å². The topological polar surface area (TPSA) is 116 Å². The maximum absolute atomic E-state index is 6.44. The lowest BCUT2D eigenvalue weighted by atomic mass is 10.2. The molecule has 0 amide bonds. The first-order valence-electron chi connectivity index (χ1n) is 9.37. The number of H-pyrrole nitrogens is 2. The van der Waals surface area contributed by atoms with Crippen molar-refractivity contribution in [3.63, 3.8) is 0 Å². The third kappa shape index (κ3) is 4.09. The zero-order chi connectivity index (χ0) is 19.6. The molecule has 0 radical (unpaired) electrons. The lowest BCUT2D eigenvalue weighted by Gasteiger charge is -2.08. The number of hydrogen-bond donors (Lipinski definition) is 4. The summed E-state index contributed by atoms with van der Waals surface area (Å²) in [5, 5.41) is 14.0. The van der Waals surface area contributed by atoms with Crippen molar-refractivity contribution in [1.82, 2.24) is 30.1 Å². The van der Waals surface area contributed by atoms with E-state index in [1.54, 1.807) is 18.6 Å². The van der Waals surface area contributed by atoms with Crippen LogP contribution in [0, 0.1) is 5.92 Å². The smallest absolute Gasteiger partial charge is 0.234 e. The van der Waals surface area contributed by atoms with E-state index in [9.17, 15) is 0 Å². The Balaban J connectivity index is 1.22. The maximum Gasteiger partial charge on any atom is 0.234 e. The number of rotatable bonds is 8. The summed E-state index contributed by atoms with van der Waals surface area (Å²) in [5.41, 5.74) is 2.57. The molecule has 10 heteroatoms. The van der Waals surface area contributed by atoms with E-state index in [2.05, 4.69) is 40.8 Å². The van der Waals surface area contributed by atoms with Gasteiger partial charge in [0.1, 0.15) is 17.2 Å². The number of fused-ring (bicyclic) bond motifs is 1. The Morgan fingerprint density at radius 3 is 3.03 bits per heavy atom. The van der Waals surface area contributed by atoms with Gasteiger partial charge in [-0.15, -0.1) is 5.10 Å². The fourth-order valence-electron chi connectivity index (χ4n) is 2.91. The number of benzene rings is 1. The summed E-state index contributed by atoms with van der Waals surface area (Å²) in [6.07, 6.45) is 5.79. The van der Waals surface area contributed by atoms with E-state index >= 15 is 0 Å². The molecule has 1 aliphatic rings. The van der Waals surface area contributed by atoms with Gasteiger partial charge in [0.2, 0.25) is 11.8 Å². The van der Waals surface area contributed by atoms with Gasteiger partial charge in [-0.1, -0.05) is 17.7 Å². The Hall–Kier alpha value is -3.33. The quantitative estimate of drug-likeness (QED) is 0.348. The van der Waals surface area contributed by atoms with Crippen LogP contribution >= 0.6 is 11.6 Å².